The number of hydrogen-bond acceptors (Lipinski definition) is 9. The smallest absolute Gasteiger partial charge is 0.324 e. The predicted molar refractivity (Wildman–Crippen MR) is 85.3 cm³/mol. The van der Waals surface area contributed by atoms with Crippen molar-refractivity contribution in [1.29, 1.82) is 0 Å². The molecule has 10 heteroatoms. The second-order valence-corrected chi connectivity index (χ2v) is 7.88. The summed E-state index contributed by atoms with van der Waals surface area (Å²) >= 11 is 0. The normalized spacial score (nSPS) is 15.5. The molecule has 0 fully saturated rings. The number of rotatable bonds is 8. The van der Waals surface area contributed by atoms with Gasteiger partial charge in [0.25, 0.3) is 0 Å². The Morgan fingerprint density at radius 2 is 1.73 bits per heavy atom. The molecule has 0 aliphatic heterocycles. The molecule has 8 nitrogen and oxygen atoms in total. The van der Waals surface area contributed by atoms with Gasteiger partial charge in [-0.15, -0.1) is 0 Å². The van der Waals surface area contributed by atoms with Crippen molar-refractivity contribution in [3.63, 3.8) is 0 Å². The summed E-state index contributed by atoms with van der Waals surface area (Å²) in [7, 11) is 3.13. The second-order valence-electron chi connectivity index (χ2n) is 5.33. The van der Waals surface area contributed by atoms with Crippen LogP contribution in [-0.2, 0) is 23.9 Å². The summed E-state index contributed by atoms with van der Waals surface area (Å²) in [6.45, 7) is 5.05. The van der Waals surface area contributed by atoms with E-state index < -0.39 is 40.8 Å². The van der Waals surface area contributed by atoms with Crippen molar-refractivity contribution in [1.82, 2.24) is 0 Å². The van der Waals surface area contributed by atoms with Crippen molar-refractivity contribution >= 4 is 39.5 Å². The van der Waals surface area contributed by atoms with Gasteiger partial charge in [0.05, 0.1) is 7.11 Å². The first-order chi connectivity index (χ1) is 9.99. The molecular weight excluding hydrogens is 332 g/mol. The van der Waals surface area contributed by atoms with Crippen molar-refractivity contribution in [3.8, 4) is 0 Å². The number of hydrogen-bond donors (Lipinski definition) is 3. The van der Waals surface area contributed by atoms with Crippen LogP contribution in [0.5, 0.6) is 0 Å². The quantitative estimate of drug-likeness (QED) is 0.402. The molecule has 0 aromatic heterocycles. The SMILES string of the molecule is COC(=O)[C@H](N)C(SSC[C@@H](N)C(=O)O)C(=O)OC(C)(C)C. The van der Waals surface area contributed by atoms with E-state index in [-0.39, 0.29) is 5.75 Å². The van der Waals surface area contributed by atoms with E-state index in [1.807, 2.05) is 0 Å². The molecule has 0 aliphatic rings. The first-order valence-corrected chi connectivity index (χ1v) is 8.70. The summed E-state index contributed by atoms with van der Waals surface area (Å²) in [5, 5.41) is 7.68. The molecule has 0 saturated carbocycles. The molecule has 1 unspecified atom stereocenters. The summed E-state index contributed by atoms with van der Waals surface area (Å²) in [4.78, 5) is 34.3. The third kappa shape index (κ3) is 7.87. The lowest BCUT2D eigenvalue weighted by Gasteiger charge is -2.25. The van der Waals surface area contributed by atoms with Crippen LogP contribution in [0.25, 0.3) is 0 Å². The average Bonchev–Trinajstić information content (AvgIpc) is 2.39. The zero-order valence-corrected chi connectivity index (χ0v) is 14.5. The number of carbonyl (C=O) groups is 3. The van der Waals surface area contributed by atoms with Gasteiger partial charge in [-0.05, 0) is 20.8 Å². The van der Waals surface area contributed by atoms with Crippen molar-refractivity contribution in [2.75, 3.05) is 12.9 Å². The molecule has 0 radical (unpaired) electrons. The van der Waals surface area contributed by atoms with Crippen LogP contribution in [-0.4, -0.2) is 58.8 Å². The minimum absolute atomic E-state index is 0.0488. The maximum atomic E-state index is 12.1. The molecule has 0 aromatic rings. The summed E-state index contributed by atoms with van der Waals surface area (Å²) < 4.78 is 9.74. The number of aliphatic carboxylic acids is 1. The van der Waals surface area contributed by atoms with Gasteiger partial charge < -0.3 is 26.0 Å². The van der Waals surface area contributed by atoms with E-state index in [1.165, 1.54) is 0 Å². The Labute approximate surface area is 137 Å². The monoisotopic (exact) mass is 354 g/mol. The lowest BCUT2D eigenvalue weighted by Crippen LogP contribution is -2.47. The first kappa shape index (κ1) is 21.0. The highest BCUT2D eigenvalue weighted by Crippen LogP contribution is 2.31. The molecule has 3 atom stereocenters. The summed E-state index contributed by atoms with van der Waals surface area (Å²) in [5.41, 5.74) is 10.3. The highest BCUT2D eigenvalue weighted by molar-refractivity contribution is 8.77. The van der Waals surface area contributed by atoms with Crippen LogP contribution in [0.1, 0.15) is 20.8 Å². The summed E-state index contributed by atoms with van der Waals surface area (Å²) in [6, 6.07) is -2.30. The Bertz CT molecular complexity index is 413. The minimum Gasteiger partial charge on any atom is -0.480 e. The van der Waals surface area contributed by atoms with E-state index in [0.29, 0.717) is 0 Å². The van der Waals surface area contributed by atoms with E-state index in [0.717, 1.165) is 28.7 Å². The van der Waals surface area contributed by atoms with Gasteiger partial charge in [-0.2, -0.15) is 0 Å². The Morgan fingerprint density at radius 1 is 1.18 bits per heavy atom. The molecule has 0 rings (SSSR count). The number of carbonyl (C=O) groups excluding carboxylic acids is 2. The lowest BCUT2D eigenvalue weighted by atomic mass is 10.1. The molecule has 0 aromatic carbocycles. The number of methoxy groups -OCH3 is 1. The van der Waals surface area contributed by atoms with Gasteiger partial charge >= 0.3 is 17.9 Å². The second kappa shape index (κ2) is 9.23. The van der Waals surface area contributed by atoms with Crippen molar-refractivity contribution in [2.24, 2.45) is 11.5 Å². The summed E-state index contributed by atoms with van der Waals surface area (Å²) in [6.07, 6.45) is 0. The maximum Gasteiger partial charge on any atom is 0.324 e. The number of esters is 2. The molecule has 5 N–H and O–H groups in total. The van der Waals surface area contributed by atoms with Crippen LogP contribution >= 0.6 is 21.6 Å². The molecule has 0 saturated heterocycles. The topological polar surface area (TPSA) is 142 Å². The van der Waals surface area contributed by atoms with Gasteiger partial charge in [0.1, 0.15) is 22.9 Å². The van der Waals surface area contributed by atoms with Crippen LogP contribution < -0.4 is 11.5 Å². The Kier molecular flexibility index (Phi) is 8.83. The van der Waals surface area contributed by atoms with Gasteiger partial charge in [-0.3, -0.25) is 14.4 Å². The van der Waals surface area contributed by atoms with Crippen molar-refractivity contribution < 1.29 is 29.0 Å². The van der Waals surface area contributed by atoms with E-state index in [4.69, 9.17) is 21.3 Å². The van der Waals surface area contributed by atoms with Gasteiger partial charge in [-0.1, -0.05) is 21.6 Å². The van der Waals surface area contributed by atoms with Gasteiger partial charge in [-0.25, -0.2) is 0 Å². The van der Waals surface area contributed by atoms with E-state index in [2.05, 4.69) is 4.74 Å². The molecule has 0 amide bonds. The van der Waals surface area contributed by atoms with Crippen molar-refractivity contribution in [2.45, 2.75) is 43.7 Å². The van der Waals surface area contributed by atoms with Crippen LogP contribution in [0, 0.1) is 0 Å². The van der Waals surface area contributed by atoms with Crippen molar-refractivity contribution in [3.05, 3.63) is 0 Å². The van der Waals surface area contributed by atoms with Crippen LogP contribution in [0.4, 0.5) is 0 Å². The Morgan fingerprint density at radius 3 is 2.14 bits per heavy atom. The number of carboxylic acids is 1. The highest BCUT2D eigenvalue weighted by atomic mass is 33.1. The summed E-state index contributed by atoms with van der Waals surface area (Å²) in [5.74, 6) is -2.54. The van der Waals surface area contributed by atoms with Gasteiger partial charge in [0.15, 0.2) is 0 Å². The van der Waals surface area contributed by atoms with Crippen LogP contribution in [0.3, 0.4) is 0 Å². The van der Waals surface area contributed by atoms with Gasteiger partial charge in [0, 0.05) is 5.75 Å². The fourth-order valence-electron chi connectivity index (χ4n) is 1.12. The first-order valence-electron chi connectivity index (χ1n) is 6.32. The molecule has 22 heavy (non-hydrogen) atoms. The molecule has 0 spiro atoms. The lowest BCUT2D eigenvalue weighted by molar-refractivity contribution is -0.157. The molecule has 0 bridgehead atoms. The van der Waals surface area contributed by atoms with E-state index in [9.17, 15) is 14.4 Å². The molecule has 128 valence electrons. The van der Waals surface area contributed by atoms with Crippen LogP contribution in [0.2, 0.25) is 0 Å². The largest absolute Gasteiger partial charge is 0.480 e. The standard InChI is InChI=1S/C12H22N2O6S2/c1-12(2,3)20-11(18)8(7(14)10(17)19-4)22-21-5-6(13)9(15)16/h6-8H,5,13-14H2,1-4H3,(H,15,16)/t6-,7-,8?/m1/s1. The van der Waals surface area contributed by atoms with Crippen LogP contribution in [0.15, 0.2) is 0 Å². The molecule has 0 aliphatic carbocycles. The Balaban J connectivity index is 4.83. The fourth-order valence-corrected chi connectivity index (χ4v) is 3.70. The maximum absolute atomic E-state index is 12.1. The molecule has 0 heterocycles. The number of carboxylic acid groups (broad SMARTS) is 1. The highest BCUT2D eigenvalue weighted by Gasteiger charge is 2.36. The number of ether oxygens (including phenoxy) is 2. The fraction of sp³-hybridized carbons (Fsp3) is 0.750. The average molecular weight is 354 g/mol. The number of nitrogens with two attached hydrogens (primary N) is 2. The zero-order chi connectivity index (χ0) is 17.5. The van der Waals surface area contributed by atoms with E-state index in [1.54, 1.807) is 20.8 Å². The van der Waals surface area contributed by atoms with E-state index >= 15 is 0 Å². The molecular formula is C12H22N2O6S2. The third-order valence-corrected chi connectivity index (χ3v) is 4.94. The predicted octanol–water partition coefficient (Wildman–Crippen LogP) is -0.00970. The Hall–Kier alpha value is -0.970. The zero-order valence-electron chi connectivity index (χ0n) is 12.9. The van der Waals surface area contributed by atoms with Gasteiger partial charge in [0.2, 0.25) is 0 Å². The minimum atomic E-state index is -1.22. The third-order valence-electron chi connectivity index (χ3n) is 2.18.